The predicted molar refractivity (Wildman–Crippen MR) is 134 cm³/mol. The molecule has 5 rings (SSSR count). The number of carboxylic acid groups (broad SMARTS) is 1. The van der Waals surface area contributed by atoms with Crippen LogP contribution in [0.15, 0.2) is 42.5 Å². The minimum atomic E-state index is -5.06. The third kappa shape index (κ3) is 4.93. The molecular formula is C30H32F5NO3. The summed E-state index contributed by atoms with van der Waals surface area (Å²) in [6.45, 7) is 1.37. The summed E-state index contributed by atoms with van der Waals surface area (Å²) in [5.74, 6) is -1.89. The number of fused-ring (bicyclic) bond motifs is 3. The second-order valence-corrected chi connectivity index (χ2v) is 11.7. The Morgan fingerprint density at radius 3 is 2.23 bits per heavy atom. The van der Waals surface area contributed by atoms with Crippen LogP contribution in [0.1, 0.15) is 61.3 Å². The SMILES string of the molecule is CC(F)(c1ccc2c(c1)CCC1CN(C(=O)C3CCC(C(=O)O)CC3)CC21Cc1ccc(F)cc1)C(F)(F)F. The van der Waals surface area contributed by atoms with Gasteiger partial charge in [0, 0.05) is 24.4 Å². The van der Waals surface area contributed by atoms with E-state index in [0.717, 1.165) is 11.1 Å². The lowest BCUT2D eigenvalue weighted by atomic mass is 9.62. The van der Waals surface area contributed by atoms with E-state index in [1.165, 1.54) is 24.3 Å². The first-order valence-corrected chi connectivity index (χ1v) is 13.5. The average Bonchev–Trinajstić information content (AvgIpc) is 3.28. The Morgan fingerprint density at radius 2 is 1.62 bits per heavy atom. The third-order valence-electron chi connectivity index (χ3n) is 9.34. The van der Waals surface area contributed by atoms with Gasteiger partial charge in [-0.15, -0.1) is 0 Å². The third-order valence-corrected chi connectivity index (χ3v) is 9.34. The maximum absolute atomic E-state index is 14.8. The number of carbonyl (C=O) groups is 2. The van der Waals surface area contributed by atoms with Crippen LogP contribution in [-0.2, 0) is 33.5 Å². The van der Waals surface area contributed by atoms with Crippen molar-refractivity contribution in [2.45, 2.75) is 69.1 Å². The van der Waals surface area contributed by atoms with Crippen molar-refractivity contribution in [3.63, 3.8) is 0 Å². The predicted octanol–water partition coefficient (Wildman–Crippen LogP) is 6.35. The van der Waals surface area contributed by atoms with Crippen molar-refractivity contribution in [3.05, 3.63) is 70.5 Å². The van der Waals surface area contributed by atoms with Crippen molar-refractivity contribution in [2.75, 3.05) is 13.1 Å². The largest absolute Gasteiger partial charge is 0.481 e. The smallest absolute Gasteiger partial charge is 0.426 e. The quantitative estimate of drug-likeness (QED) is 0.443. The molecule has 1 amide bonds. The van der Waals surface area contributed by atoms with Gasteiger partial charge in [0.15, 0.2) is 0 Å². The Balaban J connectivity index is 1.48. The topological polar surface area (TPSA) is 57.6 Å². The number of nitrogens with zero attached hydrogens (tertiary/aromatic N) is 1. The normalized spacial score (nSPS) is 28.4. The molecule has 2 aromatic rings. The molecule has 2 aliphatic carbocycles. The second-order valence-electron chi connectivity index (χ2n) is 11.7. The van der Waals surface area contributed by atoms with Gasteiger partial charge >= 0.3 is 12.1 Å². The van der Waals surface area contributed by atoms with E-state index < -0.39 is 34.7 Å². The van der Waals surface area contributed by atoms with Gasteiger partial charge in [-0.25, -0.2) is 8.78 Å². The summed E-state index contributed by atoms with van der Waals surface area (Å²) < 4.78 is 68.9. The molecule has 2 aromatic carbocycles. The highest BCUT2D eigenvalue weighted by atomic mass is 19.4. The summed E-state index contributed by atoms with van der Waals surface area (Å²) in [4.78, 5) is 26.8. The van der Waals surface area contributed by atoms with Crippen LogP contribution in [0, 0.1) is 23.6 Å². The number of hydrogen-bond donors (Lipinski definition) is 1. The number of benzene rings is 2. The molecule has 1 saturated carbocycles. The molecule has 210 valence electrons. The molecule has 1 N–H and O–H groups in total. The van der Waals surface area contributed by atoms with Gasteiger partial charge in [-0.2, -0.15) is 13.2 Å². The minimum absolute atomic E-state index is 0.0155. The fourth-order valence-corrected chi connectivity index (χ4v) is 6.99. The lowest BCUT2D eigenvalue weighted by Gasteiger charge is -2.41. The monoisotopic (exact) mass is 549 g/mol. The van der Waals surface area contributed by atoms with Crippen LogP contribution < -0.4 is 0 Å². The van der Waals surface area contributed by atoms with Crippen LogP contribution in [0.2, 0.25) is 0 Å². The van der Waals surface area contributed by atoms with Crippen molar-refractivity contribution in [3.8, 4) is 0 Å². The molecule has 0 aromatic heterocycles. The van der Waals surface area contributed by atoms with Gasteiger partial charge in [0.25, 0.3) is 0 Å². The van der Waals surface area contributed by atoms with Crippen molar-refractivity contribution in [1.29, 1.82) is 0 Å². The average molecular weight is 550 g/mol. The molecule has 9 heteroatoms. The number of halogens is 5. The van der Waals surface area contributed by atoms with Gasteiger partial charge in [0.05, 0.1) is 5.92 Å². The number of aryl methyl sites for hydroxylation is 1. The second kappa shape index (κ2) is 9.89. The highest BCUT2D eigenvalue weighted by Crippen LogP contribution is 2.51. The molecule has 1 heterocycles. The lowest BCUT2D eigenvalue weighted by molar-refractivity contribution is -0.228. The van der Waals surface area contributed by atoms with E-state index in [0.29, 0.717) is 70.5 Å². The molecular weight excluding hydrogens is 517 g/mol. The maximum Gasteiger partial charge on any atom is 0.426 e. The van der Waals surface area contributed by atoms with Crippen molar-refractivity contribution < 1.29 is 36.6 Å². The molecule has 1 aliphatic heterocycles. The standard InChI is InChI=1S/C30H32F5NO3/c1-28(32,30(33,34)35)22-10-13-25-21(14-22)8-9-23-16-36(26(37)19-4-6-20(7-5-19)27(38)39)17-29(23,25)15-18-2-11-24(31)12-3-18/h2-3,10-14,19-20,23H,4-9,15-17H2,1H3,(H,38,39). The Hall–Kier alpha value is -2.97. The number of alkyl halides is 4. The van der Waals surface area contributed by atoms with Crippen molar-refractivity contribution >= 4 is 11.9 Å². The summed E-state index contributed by atoms with van der Waals surface area (Å²) in [5, 5.41) is 9.31. The highest BCUT2D eigenvalue weighted by molar-refractivity contribution is 5.80. The molecule has 3 unspecified atom stereocenters. The van der Waals surface area contributed by atoms with E-state index in [4.69, 9.17) is 0 Å². The summed E-state index contributed by atoms with van der Waals surface area (Å²) in [6, 6.07) is 10.2. The van der Waals surface area contributed by atoms with Crippen LogP contribution in [0.3, 0.4) is 0 Å². The molecule has 3 aliphatic rings. The molecule has 39 heavy (non-hydrogen) atoms. The number of carbonyl (C=O) groups excluding carboxylic acids is 1. The molecule has 0 radical (unpaired) electrons. The minimum Gasteiger partial charge on any atom is -0.481 e. The van der Waals surface area contributed by atoms with Gasteiger partial charge in [-0.05, 0) is 92.2 Å². The fourth-order valence-electron chi connectivity index (χ4n) is 6.99. The zero-order valence-electron chi connectivity index (χ0n) is 21.7. The number of carboxylic acids is 1. The first kappa shape index (κ1) is 27.6. The number of hydrogen-bond acceptors (Lipinski definition) is 2. The number of rotatable bonds is 5. The molecule has 2 fully saturated rings. The molecule has 4 nitrogen and oxygen atoms in total. The van der Waals surface area contributed by atoms with Crippen molar-refractivity contribution in [2.24, 2.45) is 17.8 Å². The Morgan fingerprint density at radius 1 is 0.974 bits per heavy atom. The van der Waals surface area contributed by atoms with Crippen molar-refractivity contribution in [1.82, 2.24) is 4.90 Å². The van der Waals surface area contributed by atoms with E-state index in [1.807, 2.05) is 4.90 Å². The van der Waals surface area contributed by atoms with Gasteiger partial charge in [-0.1, -0.05) is 30.3 Å². The van der Waals surface area contributed by atoms with Crippen LogP contribution in [0.5, 0.6) is 0 Å². The summed E-state index contributed by atoms with van der Waals surface area (Å²) in [7, 11) is 0. The molecule has 0 bridgehead atoms. The van der Waals surface area contributed by atoms with Gasteiger partial charge < -0.3 is 10.0 Å². The number of amides is 1. The molecule has 0 spiro atoms. The molecule has 3 atom stereocenters. The first-order valence-electron chi connectivity index (χ1n) is 13.5. The van der Waals surface area contributed by atoms with E-state index in [-0.39, 0.29) is 23.6 Å². The highest BCUT2D eigenvalue weighted by Gasteiger charge is 2.55. The van der Waals surface area contributed by atoms with E-state index in [9.17, 15) is 36.6 Å². The molecule has 1 saturated heterocycles. The van der Waals surface area contributed by atoms with Gasteiger partial charge in [0.1, 0.15) is 5.82 Å². The maximum atomic E-state index is 14.8. The number of aliphatic carboxylic acids is 1. The summed E-state index contributed by atoms with van der Waals surface area (Å²) in [5.41, 5.74) is -2.23. The number of likely N-dealkylation sites (tertiary alicyclic amines) is 1. The van der Waals surface area contributed by atoms with Gasteiger partial charge in [0.2, 0.25) is 11.6 Å². The van der Waals surface area contributed by atoms with Gasteiger partial charge in [-0.3, -0.25) is 9.59 Å². The zero-order chi connectivity index (χ0) is 28.2. The van der Waals surface area contributed by atoms with Crippen LogP contribution in [-0.4, -0.2) is 41.1 Å². The van der Waals surface area contributed by atoms with Crippen LogP contribution >= 0.6 is 0 Å². The Kier molecular flexibility index (Phi) is 7.00. The first-order chi connectivity index (χ1) is 18.3. The fraction of sp³-hybridized carbons (Fsp3) is 0.533. The Bertz CT molecular complexity index is 1250. The van der Waals surface area contributed by atoms with Crippen LogP contribution in [0.4, 0.5) is 22.0 Å². The van der Waals surface area contributed by atoms with E-state index in [1.54, 1.807) is 18.2 Å². The lowest BCUT2D eigenvalue weighted by Crippen LogP contribution is -2.43. The summed E-state index contributed by atoms with van der Waals surface area (Å²) >= 11 is 0. The Labute approximate surface area is 224 Å². The van der Waals surface area contributed by atoms with E-state index in [2.05, 4.69) is 0 Å². The zero-order valence-corrected chi connectivity index (χ0v) is 21.7. The summed E-state index contributed by atoms with van der Waals surface area (Å²) in [6.07, 6.45) is -1.57. The van der Waals surface area contributed by atoms with Crippen LogP contribution in [0.25, 0.3) is 0 Å². The van der Waals surface area contributed by atoms with E-state index >= 15 is 0 Å².